The molecule has 0 heterocycles. The summed E-state index contributed by atoms with van der Waals surface area (Å²) in [5.41, 5.74) is -0.475. The van der Waals surface area contributed by atoms with Gasteiger partial charge in [-0.3, -0.25) is 9.59 Å². The van der Waals surface area contributed by atoms with Crippen molar-refractivity contribution in [3.63, 3.8) is 0 Å². The molecule has 0 aliphatic heterocycles. The average Bonchev–Trinajstić information content (AvgIpc) is 3.03. The first-order valence-corrected chi connectivity index (χ1v) is 15.9. The van der Waals surface area contributed by atoms with Gasteiger partial charge in [-0.05, 0) is 58.4 Å². The van der Waals surface area contributed by atoms with E-state index in [1.165, 1.54) is 0 Å². The second-order valence-electron chi connectivity index (χ2n) is 12.6. The third kappa shape index (κ3) is 6.17. The van der Waals surface area contributed by atoms with Crippen LogP contribution in [0.2, 0.25) is 0 Å². The number of fused-ring (bicyclic) bond motifs is 2. The Hall–Kier alpha value is -3.74. The minimum Gasteiger partial charge on any atom is -0.387 e. The lowest BCUT2D eigenvalue weighted by molar-refractivity contribution is -0.133. The SMILES string of the molecule is O=C(CC(=O)N[C@H](c1cccc2ccccc12)C1(O)CCCCC1)N[C@H](c1cccc2ccccc12)C1(O)CCCCC1. The van der Waals surface area contributed by atoms with Crippen molar-refractivity contribution < 1.29 is 19.8 Å². The quantitative estimate of drug-likeness (QED) is 0.173. The van der Waals surface area contributed by atoms with Gasteiger partial charge in [0.15, 0.2) is 0 Å². The van der Waals surface area contributed by atoms with Gasteiger partial charge in [-0.25, -0.2) is 0 Å². The maximum atomic E-state index is 13.6. The predicted molar refractivity (Wildman–Crippen MR) is 170 cm³/mol. The van der Waals surface area contributed by atoms with E-state index in [4.69, 9.17) is 0 Å². The number of benzene rings is 4. The molecule has 224 valence electrons. The van der Waals surface area contributed by atoms with Gasteiger partial charge in [-0.2, -0.15) is 0 Å². The van der Waals surface area contributed by atoms with E-state index in [2.05, 4.69) is 10.6 Å². The van der Waals surface area contributed by atoms with E-state index in [0.717, 1.165) is 71.2 Å². The molecule has 4 aromatic carbocycles. The molecule has 4 N–H and O–H groups in total. The molecule has 0 saturated heterocycles. The van der Waals surface area contributed by atoms with Gasteiger partial charge in [0.05, 0.1) is 23.3 Å². The molecule has 6 nitrogen and oxygen atoms in total. The smallest absolute Gasteiger partial charge is 0.230 e. The summed E-state index contributed by atoms with van der Waals surface area (Å²) in [5.74, 6) is -0.886. The highest BCUT2D eigenvalue weighted by atomic mass is 16.3. The van der Waals surface area contributed by atoms with Crippen LogP contribution in [0, 0.1) is 0 Å². The minimum atomic E-state index is -1.10. The fourth-order valence-corrected chi connectivity index (χ4v) is 7.48. The van der Waals surface area contributed by atoms with Gasteiger partial charge in [0.1, 0.15) is 6.42 Å². The molecule has 0 radical (unpaired) electrons. The molecule has 6 heteroatoms. The van der Waals surface area contributed by atoms with Crippen LogP contribution in [-0.2, 0) is 9.59 Å². The maximum Gasteiger partial charge on any atom is 0.230 e. The number of carbonyl (C=O) groups excluding carboxylic acids is 2. The second kappa shape index (κ2) is 12.5. The Kier molecular flexibility index (Phi) is 8.51. The van der Waals surface area contributed by atoms with Gasteiger partial charge in [-0.1, -0.05) is 123 Å². The summed E-state index contributed by atoms with van der Waals surface area (Å²) in [6, 6.07) is 26.6. The third-order valence-electron chi connectivity index (χ3n) is 9.71. The largest absolute Gasteiger partial charge is 0.387 e. The number of amides is 2. The van der Waals surface area contributed by atoms with E-state index in [0.29, 0.717) is 25.7 Å². The summed E-state index contributed by atoms with van der Waals surface area (Å²) in [6.45, 7) is 0. The monoisotopic (exact) mass is 578 g/mol. The van der Waals surface area contributed by atoms with E-state index in [1.54, 1.807) is 0 Å². The van der Waals surface area contributed by atoms with Crippen LogP contribution in [0.4, 0.5) is 0 Å². The molecule has 0 spiro atoms. The number of carbonyl (C=O) groups is 2. The number of rotatable bonds is 8. The summed E-state index contributed by atoms with van der Waals surface area (Å²) >= 11 is 0. The first kappa shape index (κ1) is 29.3. The molecule has 2 aliphatic rings. The average molecular weight is 579 g/mol. The van der Waals surface area contributed by atoms with Crippen molar-refractivity contribution in [1.82, 2.24) is 10.6 Å². The fourth-order valence-electron chi connectivity index (χ4n) is 7.48. The number of nitrogens with one attached hydrogen (secondary N) is 2. The summed E-state index contributed by atoms with van der Waals surface area (Å²) < 4.78 is 0. The molecular formula is C37H42N2O4. The number of hydrogen-bond acceptors (Lipinski definition) is 4. The Morgan fingerprint density at radius 3 is 1.35 bits per heavy atom. The standard InChI is InChI=1S/C37H42N2O4/c40-32(38-34(36(42)21-7-1-8-22-36)30-19-11-15-26-13-3-5-17-28(26)30)25-33(41)39-35(37(43)23-9-2-10-24-37)31-20-12-16-27-14-4-6-18-29(27)31/h3-6,11-20,34-35,42-43H,1-2,7-10,21-25H2,(H,38,40)(H,39,41)/t34-,35-/m1/s1. The first-order chi connectivity index (χ1) is 20.9. The summed E-state index contributed by atoms with van der Waals surface area (Å²) in [4.78, 5) is 27.2. The number of hydrogen-bond donors (Lipinski definition) is 4. The van der Waals surface area contributed by atoms with Crippen molar-refractivity contribution in [3.8, 4) is 0 Å². The zero-order valence-electron chi connectivity index (χ0n) is 24.7. The van der Waals surface area contributed by atoms with Crippen molar-refractivity contribution in [3.05, 3.63) is 96.1 Å². The third-order valence-corrected chi connectivity index (χ3v) is 9.71. The fraction of sp³-hybridized carbons (Fsp3) is 0.405. The normalized spacial score (nSPS) is 19.4. The Bertz CT molecular complexity index is 1470. The maximum absolute atomic E-state index is 13.6. The minimum absolute atomic E-state index is 0.394. The molecule has 0 bridgehead atoms. The predicted octanol–water partition coefficient (Wildman–Crippen LogP) is 6.79. The zero-order chi connectivity index (χ0) is 29.9. The number of aliphatic hydroxyl groups is 2. The van der Waals surface area contributed by atoms with E-state index in [1.807, 2.05) is 84.9 Å². The molecule has 4 aromatic rings. The molecule has 43 heavy (non-hydrogen) atoms. The second-order valence-corrected chi connectivity index (χ2v) is 12.6. The van der Waals surface area contributed by atoms with Gasteiger partial charge >= 0.3 is 0 Å². The lowest BCUT2D eigenvalue weighted by Gasteiger charge is -2.41. The highest BCUT2D eigenvalue weighted by molar-refractivity contribution is 5.98. The van der Waals surface area contributed by atoms with Crippen LogP contribution in [-0.4, -0.2) is 33.2 Å². The van der Waals surface area contributed by atoms with Crippen molar-refractivity contribution in [1.29, 1.82) is 0 Å². The molecule has 6 rings (SSSR count). The highest BCUT2D eigenvalue weighted by Crippen LogP contribution is 2.42. The molecule has 2 saturated carbocycles. The van der Waals surface area contributed by atoms with Crippen molar-refractivity contribution >= 4 is 33.4 Å². The van der Waals surface area contributed by atoms with E-state index in [-0.39, 0.29) is 0 Å². The molecule has 0 aromatic heterocycles. The summed E-state index contributed by atoms with van der Waals surface area (Å²) in [6.07, 6.45) is 7.62. The van der Waals surface area contributed by atoms with E-state index in [9.17, 15) is 19.8 Å². The van der Waals surface area contributed by atoms with Crippen molar-refractivity contribution in [2.24, 2.45) is 0 Å². The van der Waals surface area contributed by atoms with Crippen LogP contribution >= 0.6 is 0 Å². The summed E-state index contributed by atoms with van der Waals surface area (Å²) in [7, 11) is 0. The topological polar surface area (TPSA) is 98.7 Å². The van der Waals surface area contributed by atoms with E-state index >= 15 is 0 Å². The molecule has 2 amide bonds. The Morgan fingerprint density at radius 1 is 0.558 bits per heavy atom. The van der Waals surface area contributed by atoms with Crippen LogP contribution in [0.5, 0.6) is 0 Å². The molecular weight excluding hydrogens is 536 g/mol. The van der Waals surface area contributed by atoms with Crippen LogP contribution in [0.1, 0.15) is 93.8 Å². The van der Waals surface area contributed by atoms with Crippen LogP contribution < -0.4 is 10.6 Å². The lowest BCUT2D eigenvalue weighted by Crippen LogP contribution is -2.50. The Morgan fingerprint density at radius 2 is 0.930 bits per heavy atom. The van der Waals surface area contributed by atoms with Gasteiger partial charge in [0, 0.05) is 0 Å². The Balaban J connectivity index is 1.27. The zero-order valence-corrected chi connectivity index (χ0v) is 24.7. The van der Waals surface area contributed by atoms with Crippen LogP contribution in [0.3, 0.4) is 0 Å². The van der Waals surface area contributed by atoms with Crippen LogP contribution in [0.25, 0.3) is 21.5 Å². The van der Waals surface area contributed by atoms with E-state index < -0.39 is 41.5 Å². The molecule has 2 aliphatic carbocycles. The highest BCUT2D eigenvalue weighted by Gasteiger charge is 2.42. The molecule has 2 fully saturated rings. The molecule has 2 atom stereocenters. The Labute approximate surface area is 253 Å². The van der Waals surface area contributed by atoms with Gasteiger partial charge in [-0.15, -0.1) is 0 Å². The molecule has 0 unspecified atom stereocenters. The van der Waals surface area contributed by atoms with Crippen LogP contribution in [0.15, 0.2) is 84.9 Å². The van der Waals surface area contributed by atoms with Gasteiger partial charge < -0.3 is 20.8 Å². The van der Waals surface area contributed by atoms with Gasteiger partial charge in [0.2, 0.25) is 11.8 Å². The van der Waals surface area contributed by atoms with Crippen molar-refractivity contribution in [2.45, 2.75) is 93.9 Å². The van der Waals surface area contributed by atoms with Gasteiger partial charge in [0.25, 0.3) is 0 Å². The first-order valence-electron chi connectivity index (χ1n) is 15.9. The van der Waals surface area contributed by atoms with Crippen molar-refractivity contribution in [2.75, 3.05) is 0 Å². The summed E-state index contributed by atoms with van der Waals surface area (Å²) in [5, 5.41) is 34.0. The lowest BCUT2D eigenvalue weighted by atomic mass is 9.75.